The second-order valence-electron chi connectivity index (χ2n) is 5.14. The molecule has 1 heterocycles. The summed E-state index contributed by atoms with van der Waals surface area (Å²) in [6.07, 6.45) is 3.00. The minimum absolute atomic E-state index is 0.707. The smallest absolute Gasteiger partial charge is 0.159 e. The molecule has 3 nitrogen and oxygen atoms in total. The topological polar surface area (TPSA) is 51.8 Å². The lowest BCUT2D eigenvalue weighted by Crippen LogP contribution is -2.06. The molecule has 0 saturated carbocycles. The summed E-state index contributed by atoms with van der Waals surface area (Å²) < 4.78 is 0. The monoisotopic (exact) mass is 269 g/mol. The molecular weight excluding hydrogens is 246 g/mol. The van der Waals surface area contributed by atoms with Gasteiger partial charge >= 0.3 is 0 Å². The lowest BCUT2D eigenvalue weighted by Gasteiger charge is -2.11. The van der Waals surface area contributed by atoms with E-state index in [0.717, 1.165) is 42.0 Å². The van der Waals surface area contributed by atoms with Gasteiger partial charge in [0.15, 0.2) is 5.82 Å². The third-order valence-electron chi connectivity index (χ3n) is 3.67. The third-order valence-corrected chi connectivity index (χ3v) is 3.67. The Morgan fingerprint density at radius 3 is 2.10 bits per heavy atom. The molecule has 20 heavy (non-hydrogen) atoms. The van der Waals surface area contributed by atoms with Crippen LogP contribution in [-0.2, 0) is 12.8 Å². The van der Waals surface area contributed by atoms with Crippen molar-refractivity contribution in [3.05, 3.63) is 46.8 Å². The second kappa shape index (κ2) is 6.62. The van der Waals surface area contributed by atoms with Crippen molar-refractivity contribution in [2.24, 2.45) is 5.73 Å². The van der Waals surface area contributed by atoms with Gasteiger partial charge < -0.3 is 5.73 Å². The van der Waals surface area contributed by atoms with Crippen LogP contribution in [0.4, 0.5) is 0 Å². The predicted molar refractivity (Wildman–Crippen MR) is 83.7 cm³/mol. The largest absolute Gasteiger partial charge is 0.330 e. The Balaban J connectivity index is 2.33. The molecule has 0 aliphatic heterocycles. The number of hydrogen-bond donors (Lipinski definition) is 1. The molecule has 0 spiro atoms. The van der Waals surface area contributed by atoms with Crippen molar-refractivity contribution in [3.63, 3.8) is 0 Å². The van der Waals surface area contributed by atoms with E-state index in [-0.39, 0.29) is 0 Å². The molecular formula is C17H23N3. The number of hydrogen-bond acceptors (Lipinski definition) is 3. The van der Waals surface area contributed by atoms with E-state index in [1.807, 2.05) is 0 Å². The van der Waals surface area contributed by atoms with Crippen LogP contribution < -0.4 is 5.73 Å². The van der Waals surface area contributed by atoms with Gasteiger partial charge in [0.1, 0.15) is 0 Å². The Kier molecular flexibility index (Phi) is 4.85. The molecule has 0 radical (unpaired) electrons. The molecule has 106 valence electrons. The van der Waals surface area contributed by atoms with Gasteiger partial charge in [0.2, 0.25) is 0 Å². The van der Waals surface area contributed by atoms with Crippen LogP contribution in [0.2, 0.25) is 0 Å². The van der Waals surface area contributed by atoms with Crippen molar-refractivity contribution in [2.75, 3.05) is 6.54 Å². The zero-order valence-electron chi connectivity index (χ0n) is 12.6. The molecule has 2 N–H and O–H groups in total. The highest BCUT2D eigenvalue weighted by Gasteiger charge is 2.09. The first-order valence-corrected chi connectivity index (χ1v) is 7.29. The molecule has 0 aliphatic carbocycles. The molecule has 2 aromatic rings. The quantitative estimate of drug-likeness (QED) is 0.906. The van der Waals surface area contributed by atoms with Crippen LogP contribution in [0, 0.1) is 13.8 Å². The highest BCUT2D eigenvalue weighted by Crippen LogP contribution is 2.20. The van der Waals surface area contributed by atoms with E-state index in [1.165, 1.54) is 11.1 Å². The van der Waals surface area contributed by atoms with E-state index in [4.69, 9.17) is 5.73 Å². The molecule has 0 unspecified atom stereocenters. The van der Waals surface area contributed by atoms with Crippen LogP contribution in [0.1, 0.15) is 35.9 Å². The van der Waals surface area contributed by atoms with Gasteiger partial charge in [-0.15, -0.1) is 0 Å². The van der Waals surface area contributed by atoms with Crippen molar-refractivity contribution >= 4 is 0 Å². The first-order chi connectivity index (χ1) is 9.65. The summed E-state index contributed by atoms with van der Waals surface area (Å²) in [6, 6.07) is 8.50. The van der Waals surface area contributed by atoms with E-state index >= 15 is 0 Å². The zero-order chi connectivity index (χ0) is 14.5. The SMILES string of the molecule is CCc1ccc(-c2nc(C)c(CCCN)c(C)n2)cc1. The number of aromatic nitrogens is 2. The van der Waals surface area contributed by atoms with Gasteiger partial charge in [0.05, 0.1) is 0 Å². The maximum atomic E-state index is 5.58. The van der Waals surface area contributed by atoms with E-state index in [0.29, 0.717) is 6.54 Å². The maximum Gasteiger partial charge on any atom is 0.159 e. The van der Waals surface area contributed by atoms with E-state index in [1.54, 1.807) is 0 Å². The minimum atomic E-state index is 0.707. The molecule has 2 rings (SSSR count). The van der Waals surface area contributed by atoms with Crippen LogP contribution in [0.25, 0.3) is 11.4 Å². The van der Waals surface area contributed by atoms with Gasteiger partial charge in [0, 0.05) is 17.0 Å². The number of rotatable bonds is 5. The van der Waals surface area contributed by atoms with Crippen molar-refractivity contribution in [1.29, 1.82) is 0 Å². The first-order valence-electron chi connectivity index (χ1n) is 7.29. The fourth-order valence-electron chi connectivity index (χ4n) is 2.40. The summed E-state index contributed by atoms with van der Waals surface area (Å²) in [7, 11) is 0. The van der Waals surface area contributed by atoms with Crippen LogP contribution in [0.15, 0.2) is 24.3 Å². The summed E-state index contributed by atoms with van der Waals surface area (Å²) in [5.41, 5.74) is 11.4. The molecule has 1 aromatic heterocycles. The summed E-state index contributed by atoms with van der Waals surface area (Å²) in [5.74, 6) is 0.819. The first kappa shape index (κ1) is 14.7. The number of nitrogens with zero attached hydrogens (tertiary/aromatic N) is 2. The minimum Gasteiger partial charge on any atom is -0.330 e. The summed E-state index contributed by atoms with van der Waals surface area (Å²) in [5, 5.41) is 0. The van der Waals surface area contributed by atoms with Crippen molar-refractivity contribution in [1.82, 2.24) is 9.97 Å². The number of benzene rings is 1. The highest BCUT2D eigenvalue weighted by molar-refractivity contribution is 5.56. The zero-order valence-corrected chi connectivity index (χ0v) is 12.6. The summed E-state index contributed by atoms with van der Waals surface area (Å²) in [6.45, 7) is 6.99. The van der Waals surface area contributed by atoms with Gasteiger partial charge in [-0.1, -0.05) is 31.2 Å². The Morgan fingerprint density at radius 2 is 1.60 bits per heavy atom. The average molecular weight is 269 g/mol. The molecule has 0 aliphatic rings. The molecule has 0 atom stereocenters. The highest BCUT2D eigenvalue weighted by atomic mass is 14.9. The van der Waals surface area contributed by atoms with Gasteiger partial charge in [0.25, 0.3) is 0 Å². The predicted octanol–water partition coefficient (Wildman–Crippen LogP) is 3.21. The molecule has 0 bridgehead atoms. The molecule has 0 fully saturated rings. The molecule has 0 amide bonds. The van der Waals surface area contributed by atoms with E-state index in [9.17, 15) is 0 Å². The summed E-state index contributed by atoms with van der Waals surface area (Å²) in [4.78, 5) is 9.32. The fraction of sp³-hybridized carbons (Fsp3) is 0.412. The van der Waals surface area contributed by atoms with E-state index < -0.39 is 0 Å². The standard InChI is InChI=1S/C17H23N3/c1-4-14-7-9-15(10-8-14)17-19-12(2)16(6-5-11-18)13(3)20-17/h7-10H,4-6,11,18H2,1-3H3. The Labute approximate surface area is 121 Å². The van der Waals surface area contributed by atoms with Gasteiger partial charge in [-0.2, -0.15) is 0 Å². The molecule has 1 aromatic carbocycles. The van der Waals surface area contributed by atoms with Crippen molar-refractivity contribution in [3.8, 4) is 11.4 Å². The average Bonchev–Trinajstić information content (AvgIpc) is 2.46. The van der Waals surface area contributed by atoms with Crippen molar-refractivity contribution in [2.45, 2.75) is 40.0 Å². The number of aryl methyl sites for hydroxylation is 3. The Morgan fingerprint density at radius 1 is 1.00 bits per heavy atom. The summed E-state index contributed by atoms with van der Waals surface area (Å²) >= 11 is 0. The third kappa shape index (κ3) is 3.23. The van der Waals surface area contributed by atoms with Crippen LogP contribution in [-0.4, -0.2) is 16.5 Å². The van der Waals surface area contributed by atoms with Gasteiger partial charge in [-0.25, -0.2) is 9.97 Å². The Bertz CT molecular complexity index is 550. The van der Waals surface area contributed by atoms with Crippen molar-refractivity contribution < 1.29 is 0 Å². The van der Waals surface area contributed by atoms with Crippen LogP contribution >= 0.6 is 0 Å². The number of nitrogens with two attached hydrogens (primary N) is 1. The Hall–Kier alpha value is -1.74. The van der Waals surface area contributed by atoms with Gasteiger partial charge in [-0.05, 0) is 50.8 Å². The normalized spacial score (nSPS) is 10.8. The fourth-order valence-corrected chi connectivity index (χ4v) is 2.40. The van der Waals surface area contributed by atoms with E-state index in [2.05, 4.69) is 55.0 Å². The molecule has 3 heteroatoms. The maximum absolute atomic E-state index is 5.58. The lowest BCUT2D eigenvalue weighted by molar-refractivity contribution is 0.806. The van der Waals surface area contributed by atoms with Crippen LogP contribution in [0.5, 0.6) is 0 Å². The second-order valence-corrected chi connectivity index (χ2v) is 5.14. The molecule has 0 saturated heterocycles. The lowest BCUT2D eigenvalue weighted by atomic mass is 10.1. The van der Waals surface area contributed by atoms with Crippen LogP contribution in [0.3, 0.4) is 0 Å². The van der Waals surface area contributed by atoms with Gasteiger partial charge in [-0.3, -0.25) is 0 Å².